The highest BCUT2D eigenvalue weighted by Crippen LogP contribution is 2.42. The van der Waals surface area contributed by atoms with Gasteiger partial charge in [0.25, 0.3) is 0 Å². The topological polar surface area (TPSA) is 181 Å². The van der Waals surface area contributed by atoms with Gasteiger partial charge in [0, 0.05) is 48.6 Å². The summed E-state index contributed by atoms with van der Waals surface area (Å²) in [5.41, 5.74) is 2.02. The number of benzene rings is 2. The number of nitrogens with one attached hydrogen (secondary N) is 1. The van der Waals surface area contributed by atoms with Gasteiger partial charge in [-0.25, -0.2) is 4.98 Å². The van der Waals surface area contributed by atoms with Gasteiger partial charge < -0.3 is 29.4 Å². The third kappa shape index (κ3) is 9.05. The molecule has 0 radical (unpaired) electrons. The SMILES string of the molecule is CC(=O)Oc1cc(C)cc(C)c1C(C)(C)CC(=O)Nc1nc(F)nc2c1ncn2[C@H]1C[C@H](O)[C@@](C)(COC(=O)CC(C)(C)c2c(C)cc(C)cc2OC(C)=O)O1. The number of aryl methyl sites for hydroxylation is 4. The number of aromatic nitrogens is 4. The lowest BCUT2D eigenvalue weighted by molar-refractivity contribution is -0.163. The minimum atomic E-state index is -1.35. The van der Waals surface area contributed by atoms with Crippen molar-refractivity contribution in [3.63, 3.8) is 0 Å². The predicted octanol–water partition coefficient (Wildman–Crippen LogP) is 6.31. The van der Waals surface area contributed by atoms with Crippen LogP contribution in [0.4, 0.5) is 10.2 Å². The summed E-state index contributed by atoms with van der Waals surface area (Å²) < 4.78 is 39.3. The van der Waals surface area contributed by atoms with Crippen molar-refractivity contribution in [2.75, 3.05) is 11.9 Å². The van der Waals surface area contributed by atoms with E-state index in [4.69, 9.17) is 18.9 Å². The smallest absolute Gasteiger partial charge is 0.312 e. The number of halogens is 1. The van der Waals surface area contributed by atoms with Crippen LogP contribution in [-0.4, -0.2) is 66.8 Å². The standard InChI is InChI=1S/C41H50FN5O9/c1-21-12-23(3)33(27(14-21)54-25(5)48)39(7,8)17-30(51)44-36-35-37(46-38(42)45-36)47(20-43-35)31-16-29(50)41(11,56-31)19-53-32(52)18-40(9,10)34-24(4)13-22(2)15-28(34)55-26(6)49/h12-15,20,29,31,50H,16-19H2,1-11H3,(H,44,45,46,51)/t29-,31+,41+/m0/s1. The third-order valence-electron chi connectivity index (χ3n) is 9.95. The lowest BCUT2D eigenvalue weighted by Gasteiger charge is -2.30. The number of anilines is 1. The molecule has 2 N–H and O–H groups in total. The molecule has 0 unspecified atom stereocenters. The number of imidazole rings is 1. The number of fused-ring (bicyclic) bond motifs is 1. The molecule has 1 fully saturated rings. The number of rotatable bonds is 12. The fourth-order valence-electron chi connectivity index (χ4n) is 7.82. The van der Waals surface area contributed by atoms with E-state index in [9.17, 15) is 28.7 Å². The number of aliphatic hydroxyl groups excluding tert-OH is 1. The van der Waals surface area contributed by atoms with Crippen LogP contribution in [0.2, 0.25) is 0 Å². The molecule has 2 aromatic heterocycles. The van der Waals surface area contributed by atoms with Crippen molar-refractivity contribution in [2.45, 2.75) is 124 Å². The van der Waals surface area contributed by atoms with Crippen molar-refractivity contribution in [3.8, 4) is 11.5 Å². The van der Waals surface area contributed by atoms with E-state index in [0.717, 1.165) is 22.3 Å². The van der Waals surface area contributed by atoms with E-state index < -0.39 is 58.7 Å². The molecule has 0 saturated carbocycles. The Hall–Kier alpha value is -5.28. The van der Waals surface area contributed by atoms with Crippen LogP contribution in [0.3, 0.4) is 0 Å². The molecule has 15 heteroatoms. The monoisotopic (exact) mass is 775 g/mol. The van der Waals surface area contributed by atoms with Gasteiger partial charge in [-0.3, -0.25) is 23.7 Å². The number of carbonyl (C=O) groups is 4. The first kappa shape index (κ1) is 41.9. The summed E-state index contributed by atoms with van der Waals surface area (Å²) in [5.74, 6) is -1.45. The maximum absolute atomic E-state index is 15.0. The summed E-state index contributed by atoms with van der Waals surface area (Å²) in [6.45, 7) is 18.8. The van der Waals surface area contributed by atoms with Gasteiger partial charge in [0.2, 0.25) is 5.91 Å². The molecule has 0 aliphatic carbocycles. The average molecular weight is 776 g/mol. The first-order chi connectivity index (χ1) is 26.0. The van der Waals surface area contributed by atoms with Crippen molar-refractivity contribution in [1.29, 1.82) is 0 Å². The zero-order valence-corrected chi connectivity index (χ0v) is 33.7. The summed E-state index contributed by atoms with van der Waals surface area (Å²) in [5, 5.41) is 13.8. The maximum Gasteiger partial charge on any atom is 0.312 e. The lowest BCUT2D eigenvalue weighted by atomic mass is 9.78. The highest BCUT2D eigenvalue weighted by atomic mass is 19.1. The Balaban J connectivity index is 1.29. The fraction of sp³-hybridized carbons (Fsp3) is 0.488. The highest BCUT2D eigenvalue weighted by Gasteiger charge is 2.47. The van der Waals surface area contributed by atoms with E-state index in [-0.39, 0.29) is 42.9 Å². The molecule has 1 aliphatic heterocycles. The lowest BCUT2D eigenvalue weighted by Crippen LogP contribution is -2.42. The molecule has 56 heavy (non-hydrogen) atoms. The molecular weight excluding hydrogens is 725 g/mol. The van der Waals surface area contributed by atoms with Crippen LogP contribution >= 0.6 is 0 Å². The van der Waals surface area contributed by atoms with E-state index in [1.165, 1.54) is 24.7 Å². The number of carbonyl (C=O) groups excluding carboxylic acids is 4. The van der Waals surface area contributed by atoms with E-state index in [0.29, 0.717) is 22.6 Å². The Morgan fingerprint density at radius 2 is 1.45 bits per heavy atom. The second kappa shape index (κ2) is 15.7. The number of hydrogen-bond donors (Lipinski definition) is 2. The number of hydrogen-bond acceptors (Lipinski definition) is 12. The van der Waals surface area contributed by atoms with Gasteiger partial charge in [0.15, 0.2) is 17.0 Å². The van der Waals surface area contributed by atoms with Gasteiger partial charge in [-0.15, -0.1) is 0 Å². The Labute approximate surface area is 325 Å². The van der Waals surface area contributed by atoms with Crippen LogP contribution in [0.25, 0.3) is 11.2 Å². The molecule has 300 valence electrons. The van der Waals surface area contributed by atoms with Crippen molar-refractivity contribution >= 4 is 40.8 Å². The Bertz CT molecular complexity index is 2210. The van der Waals surface area contributed by atoms with E-state index in [2.05, 4.69) is 20.3 Å². The molecule has 0 bridgehead atoms. The van der Waals surface area contributed by atoms with Gasteiger partial charge in [0.05, 0.1) is 18.9 Å². The summed E-state index contributed by atoms with van der Waals surface area (Å²) in [6.07, 6.45) is -1.88. The van der Waals surface area contributed by atoms with E-state index in [1.54, 1.807) is 19.1 Å². The van der Waals surface area contributed by atoms with Crippen LogP contribution < -0.4 is 14.8 Å². The van der Waals surface area contributed by atoms with Gasteiger partial charge in [-0.1, -0.05) is 39.8 Å². The van der Waals surface area contributed by atoms with Crippen molar-refractivity contribution in [3.05, 3.63) is 70.1 Å². The fourth-order valence-corrected chi connectivity index (χ4v) is 7.82. The zero-order valence-electron chi connectivity index (χ0n) is 33.7. The van der Waals surface area contributed by atoms with Crippen LogP contribution in [-0.2, 0) is 39.5 Å². The highest BCUT2D eigenvalue weighted by molar-refractivity contribution is 5.97. The van der Waals surface area contributed by atoms with Crippen molar-refractivity contribution in [2.24, 2.45) is 0 Å². The minimum absolute atomic E-state index is 0.0100. The summed E-state index contributed by atoms with van der Waals surface area (Å²) in [7, 11) is 0. The van der Waals surface area contributed by atoms with Crippen molar-refractivity contribution in [1.82, 2.24) is 19.5 Å². The number of ether oxygens (including phenoxy) is 4. The van der Waals surface area contributed by atoms with Gasteiger partial charge in [-0.2, -0.15) is 14.4 Å². The van der Waals surface area contributed by atoms with Crippen LogP contribution in [0, 0.1) is 33.8 Å². The van der Waals surface area contributed by atoms with Crippen LogP contribution in [0.1, 0.15) is 107 Å². The molecule has 3 heterocycles. The molecular formula is C41H50FN5O9. The molecule has 1 aliphatic rings. The van der Waals surface area contributed by atoms with Gasteiger partial charge >= 0.3 is 24.0 Å². The van der Waals surface area contributed by atoms with E-state index >= 15 is 0 Å². The number of amides is 1. The molecule has 0 spiro atoms. The Morgan fingerprint density at radius 1 is 0.911 bits per heavy atom. The molecule has 4 aromatic rings. The molecule has 1 amide bonds. The third-order valence-corrected chi connectivity index (χ3v) is 9.95. The number of nitrogens with zero attached hydrogens (tertiary/aromatic N) is 4. The summed E-state index contributed by atoms with van der Waals surface area (Å²) >= 11 is 0. The van der Waals surface area contributed by atoms with Gasteiger partial charge in [0.1, 0.15) is 29.9 Å². The summed E-state index contributed by atoms with van der Waals surface area (Å²) in [4.78, 5) is 62.6. The molecule has 2 aromatic carbocycles. The quantitative estimate of drug-likeness (QED) is 0.0932. The molecule has 5 rings (SSSR count). The first-order valence-electron chi connectivity index (χ1n) is 18.3. The largest absolute Gasteiger partial charge is 0.462 e. The second-order valence-electron chi connectivity index (χ2n) is 16.2. The normalized spacial score (nSPS) is 18.5. The number of aliphatic hydroxyl groups is 1. The number of esters is 3. The average Bonchev–Trinajstić information content (AvgIpc) is 3.58. The zero-order chi connectivity index (χ0) is 41.5. The maximum atomic E-state index is 15.0. The predicted molar refractivity (Wildman–Crippen MR) is 204 cm³/mol. The minimum Gasteiger partial charge on any atom is -0.462 e. The Kier molecular flexibility index (Phi) is 11.7. The van der Waals surface area contributed by atoms with Crippen LogP contribution in [0.5, 0.6) is 11.5 Å². The first-order valence-corrected chi connectivity index (χ1v) is 18.3. The second-order valence-corrected chi connectivity index (χ2v) is 16.2. The molecule has 3 atom stereocenters. The summed E-state index contributed by atoms with van der Waals surface area (Å²) in [6, 6.07) is 7.39. The van der Waals surface area contributed by atoms with Crippen molar-refractivity contribution < 1.29 is 47.6 Å². The molecule has 14 nitrogen and oxygen atoms in total. The molecule has 1 saturated heterocycles. The van der Waals surface area contributed by atoms with E-state index in [1.807, 2.05) is 67.5 Å². The van der Waals surface area contributed by atoms with Crippen LogP contribution in [0.15, 0.2) is 30.6 Å². The Morgan fingerprint density at radius 3 is 1.98 bits per heavy atom. The van der Waals surface area contributed by atoms with Gasteiger partial charge in [-0.05, 0) is 69.0 Å².